The maximum Gasteiger partial charge on any atom is 0.241 e. The van der Waals surface area contributed by atoms with Gasteiger partial charge < -0.3 is 9.64 Å². The third kappa shape index (κ3) is 5.71. The second kappa shape index (κ2) is 11.0. The number of hydrogen-bond acceptors (Lipinski definition) is 4. The van der Waals surface area contributed by atoms with Gasteiger partial charge >= 0.3 is 0 Å². The van der Waals surface area contributed by atoms with Crippen LogP contribution in [0.5, 0.6) is 5.75 Å². The highest BCUT2D eigenvalue weighted by Gasteiger charge is 2.21. The summed E-state index contributed by atoms with van der Waals surface area (Å²) >= 11 is 0. The Labute approximate surface area is 183 Å². The quantitative estimate of drug-likeness (QED) is 0.555. The Morgan fingerprint density at radius 1 is 1.00 bits per heavy atom. The molecule has 31 heavy (non-hydrogen) atoms. The summed E-state index contributed by atoms with van der Waals surface area (Å²) in [7, 11) is 1.58. The first-order chi connectivity index (χ1) is 15.1. The van der Waals surface area contributed by atoms with E-state index in [2.05, 4.69) is 54.7 Å². The fourth-order valence-electron chi connectivity index (χ4n) is 3.51. The van der Waals surface area contributed by atoms with E-state index in [-0.39, 0.29) is 24.9 Å². The van der Waals surface area contributed by atoms with E-state index in [0.717, 1.165) is 11.1 Å². The number of methoxy groups -OCH3 is 1. The third-order valence-corrected chi connectivity index (χ3v) is 5.13. The van der Waals surface area contributed by atoms with Crippen molar-refractivity contribution in [1.29, 1.82) is 5.26 Å². The van der Waals surface area contributed by atoms with E-state index >= 15 is 0 Å². The number of anilines is 1. The molecule has 158 valence electrons. The first kappa shape index (κ1) is 22.1. The van der Waals surface area contributed by atoms with Gasteiger partial charge in [0.1, 0.15) is 5.75 Å². The number of hydrogen-bond donors (Lipinski definition) is 1. The standard InChI is InChI=1S/C26H27N3O2/c1-20-13-15-22(16-14-20)26(21-9-4-3-5-10-21)28-19-25(30)29(18-8-17-27)23-11-6-7-12-24(23)31-2/h3-7,9-16,26,28H,8,18-19H2,1-2H3/t26-/m1/s1. The average molecular weight is 414 g/mol. The zero-order valence-electron chi connectivity index (χ0n) is 17.9. The van der Waals surface area contributed by atoms with Gasteiger partial charge in [-0.05, 0) is 30.2 Å². The molecule has 1 N–H and O–H groups in total. The minimum atomic E-state index is -0.124. The van der Waals surface area contributed by atoms with Gasteiger partial charge in [0.05, 0.1) is 37.9 Å². The molecule has 5 nitrogen and oxygen atoms in total. The van der Waals surface area contributed by atoms with Crippen LogP contribution in [0.4, 0.5) is 5.69 Å². The SMILES string of the molecule is COc1ccccc1N(CCC#N)C(=O)CN[C@H](c1ccccc1)c1ccc(C)cc1. The molecule has 0 bridgehead atoms. The number of amides is 1. The molecule has 1 amide bonds. The lowest BCUT2D eigenvalue weighted by atomic mass is 9.98. The molecule has 3 aromatic rings. The lowest BCUT2D eigenvalue weighted by Gasteiger charge is -2.26. The molecule has 0 radical (unpaired) electrons. The van der Waals surface area contributed by atoms with Crippen LogP contribution in [0.1, 0.15) is 29.2 Å². The second-order valence-electron chi connectivity index (χ2n) is 7.26. The number of rotatable bonds is 9. The average Bonchev–Trinajstić information content (AvgIpc) is 2.81. The van der Waals surface area contributed by atoms with E-state index in [9.17, 15) is 4.79 Å². The zero-order valence-corrected chi connectivity index (χ0v) is 17.9. The summed E-state index contributed by atoms with van der Waals surface area (Å²) < 4.78 is 5.43. The number of ether oxygens (including phenoxy) is 1. The Bertz CT molecular complexity index is 1030. The number of nitrogens with zero attached hydrogens (tertiary/aromatic N) is 2. The van der Waals surface area contributed by atoms with Crippen LogP contribution in [-0.2, 0) is 4.79 Å². The second-order valence-corrected chi connectivity index (χ2v) is 7.26. The highest BCUT2D eigenvalue weighted by atomic mass is 16.5. The fraction of sp³-hybridized carbons (Fsp3) is 0.231. The van der Waals surface area contributed by atoms with Crippen LogP contribution in [0.25, 0.3) is 0 Å². The summed E-state index contributed by atoms with van der Waals surface area (Å²) in [5, 5.41) is 12.5. The number of para-hydroxylation sites is 2. The van der Waals surface area contributed by atoms with Gasteiger partial charge in [-0.1, -0.05) is 72.3 Å². The molecule has 0 saturated carbocycles. The van der Waals surface area contributed by atoms with E-state index in [1.807, 2.05) is 42.5 Å². The Morgan fingerprint density at radius 2 is 1.65 bits per heavy atom. The van der Waals surface area contributed by atoms with Crippen molar-refractivity contribution in [3.05, 3.63) is 95.6 Å². The lowest BCUT2D eigenvalue weighted by Crippen LogP contribution is -2.40. The Kier molecular flexibility index (Phi) is 7.80. The van der Waals surface area contributed by atoms with E-state index in [0.29, 0.717) is 18.0 Å². The fourth-order valence-corrected chi connectivity index (χ4v) is 3.51. The van der Waals surface area contributed by atoms with Crippen LogP contribution >= 0.6 is 0 Å². The molecule has 5 heteroatoms. The number of nitrogens with one attached hydrogen (secondary N) is 1. The largest absolute Gasteiger partial charge is 0.495 e. The summed E-state index contributed by atoms with van der Waals surface area (Å²) in [6, 6.07) is 27.7. The van der Waals surface area contributed by atoms with E-state index in [1.165, 1.54) is 5.56 Å². The summed E-state index contributed by atoms with van der Waals surface area (Å²) in [5.41, 5.74) is 4.02. The molecule has 0 unspecified atom stereocenters. The van der Waals surface area contributed by atoms with Gasteiger partial charge in [0.25, 0.3) is 0 Å². The molecule has 0 aromatic heterocycles. The third-order valence-electron chi connectivity index (χ3n) is 5.13. The number of nitriles is 1. The molecule has 0 aliphatic carbocycles. The van der Waals surface area contributed by atoms with Crippen LogP contribution < -0.4 is 15.0 Å². The number of aryl methyl sites for hydroxylation is 1. The molecule has 0 fully saturated rings. The smallest absolute Gasteiger partial charge is 0.241 e. The Morgan fingerprint density at radius 3 is 2.32 bits per heavy atom. The number of carbonyl (C=O) groups excluding carboxylic acids is 1. The van der Waals surface area contributed by atoms with Crippen LogP contribution in [0.3, 0.4) is 0 Å². The molecule has 3 aromatic carbocycles. The molecule has 0 spiro atoms. The first-order valence-corrected chi connectivity index (χ1v) is 10.3. The van der Waals surface area contributed by atoms with Crippen molar-refractivity contribution in [2.24, 2.45) is 0 Å². The van der Waals surface area contributed by atoms with Gasteiger partial charge in [0, 0.05) is 6.54 Å². The van der Waals surface area contributed by atoms with Gasteiger partial charge in [0.2, 0.25) is 5.91 Å². The van der Waals surface area contributed by atoms with Gasteiger partial charge in [0.15, 0.2) is 0 Å². The topological polar surface area (TPSA) is 65.4 Å². The molecule has 1 atom stereocenters. The van der Waals surface area contributed by atoms with Gasteiger partial charge in [-0.25, -0.2) is 0 Å². The molecular weight excluding hydrogens is 386 g/mol. The highest BCUT2D eigenvalue weighted by Crippen LogP contribution is 2.28. The van der Waals surface area contributed by atoms with E-state index in [1.54, 1.807) is 12.0 Å². The lowest BCUT2D eigenvalue weighted by molar-refractivity contribution is -0.117. The van der Waals surface area contributed by atoms with Crippen molar-refractivity contribution in [1.82, 2.24) is 5.32 Å². The predicted octanol–water partition coefficient (Wildman–Crippen LogP) is 4.63. The molecule has 3 rings (SSSR count). The highest BCUT2D eigenvalue weighted by molar-refractivity contribution is 5.96. The molecule has 0 aliphatic heterocycles. The molecule has 0 heterocycles. The van der Waals surface area contributed by atoms with E-state index < -0.39 is 0 Å². The van der Waals surface area contributed by atoms with Crippen molar-refractivity contribution in [2.75, 3.05) is 25.1 Å². The monoisotopic (exact) mass is 413 g/mol. The van der Waals surface area contributed by atoms with Crippen molar-refractivity contribution in [3.63, 3.8) is 0 Å². The first-order valence-electron chi connectivity index (χ1n) is 10.3. The Balaban J connectivity index is 1.84. The molecular formula is C26H27N3O2. The maximum absolute atomic E-state index is 13.2. The minimum absolute atomic E-state index is 0.118. The van der Waals surface area contributed by atoms with E-state index in [4.69, 9.17) is 10.00 Å². The van der Waals surface area contributed by atoms with Crippen LogP contribution in [0, 0.1) is 18.3 Å². The summed E-state index contributed by atoms with van der Waals surface area (Å²) in [5.74, 6) is 0.486. The van der Waals surface area contributed by atoms with Gasteiger partial charge in [-0.2, -0.15) is 5.26 Å². The van der Waals surface area contributed by atoms with Gasteiger partial charge in [-0.3, -0.25) is 10.1 Å². The summed E-state index contributed by atoms with van der Waals surface area (Å²) in [4.78, 5) is 14.9. The van der Waals surface area contributed by atoms with Crippen molar-refractivity contribution in [3.8, 4) is 11.8 Å². The number of carbonyl (C=O) groups is 1. The molecule has 0 aliphatic rings. The van der Waals surface area contributed by atoms with Gasteiger partial charge in [-0.15, -0.1) is 0 Å². The van der Waals surface area contributed by atoms with Crippen LogP contribution in [-0.4, -0.2) is 26.1 Å². The van der Waals surface area contributed by atoms with Crippen molar-refractivity contribution in [2.45, 2.75) is 19.4 Å². The van der Waals surface area contributed by atoms with Crippen molar-refractivity contribution >= 4 is 11.6 Å². The predicted molar refractivity (Wildman–Crippen MR) is 123 cm³/mol. The molecule has 0 saturated heterocycles. The number of benzene rings is 3. The maximum atomic E-state index is 13.2. The summed E-state index contributed by atoms with van der Waals surface area (Å²) in [6.45, 7) is 2.48. The Hall–Kier alpha value is -3.62. The van der Waals surface area contributed by atoms with Crippen molar-refractivity contribution < 1.29 is 9.53 Å². The van der Waals surface area contributed by atoms with Crippen LogP contribution in [0.2, 0.25) is 0 Å². The normalized spacial score (nSPS) is 11.4. The zero-order chi connectivity index (χ0) is 22.1. The minimum Gasteiger partial charge on any atom is -0.495 e. The summed E-state index contributed by atoms with van der Waals surface area (Å²) in [6.07, 6.45) is 0.240. The van der Waals surface area contributed by atoms with Crippen LogP contribution in [0.15, 0.2) is 78.9 Å².